The minimum atomic E-state index is -0.194. The van der Waals surface area contributed by atoms with Crippen molar-refractivity contribution in [3.63, 3.8) is 0 Å². The molecule has 0 atom stereocenters. The maximum Gasteiger partial charge on any atom is 0.332 e. The third-order valence-corrected chi connectivity index (χ3v) is 4.32. The number of ether oxygens (including phenoxy) is 3. The lowest BCUT2D eigenvalue weighted by atomic mass is 10.2. The number of rotatable bonds is 5. The third kappa shape index (κ3) is 3.38. The molecule has 0 aliphatic rings. The van der Waals surface area contributed by atoms with E-state index in [2.05, 4.69) is 0 Å². The first-order valence-corrected chi connectivity index (χ1v) is 8.33. The van der Waals surface area contributed by atoms with Crippen LogP contribution in [-0.2, 0) is 7.05 Å². The van der Waals surface area contributed by atoms with Gasteiger partial charge in [0.05, 0.1) is 24.9 Å². The molecule has 3 aromatic rings. The van der Waals surface area contributed by atoms with E-state index in [1.807, 2.05) is 0 Å². The smallest absolute Gasteiger partial charge is 0.332 e. The van der Waals surface area contributed by atoms with Crippen LogP contribution in [-0.4, -0.2) is 23.4 Å². The molecule has 0 aliphatic carbocycles. The van der Waals surface area contributed by atoms with Crippen LogP contribution in [0.1, 0.15) is 0 Å². The molecule has 1 aromatic heterocycles. The van der Waals surface area contributed by atoms with Gasteiger partial charge in [-0.3, -0.25) is 4.57 Å². The Bertz CT molecular complexity index is 986. The van der Waals surface area contributed by atoms with E-state index < -0.39 is 0 Å². The molecule has 6 nitrogen and oxygen atoms in total. The zero-order chi connectivity index (χ0) is 18.8. The fourth-order valence-electron chi connectivity index (χ4n) is 2.43. The van der Waals surface area contributed by atoms with Crippen LogP contribution in [0.2, 0.25) is 10.0 Å². The predicted molar refractivity (Wildman–Crippen MR) is 101 cm³/mol. The first-order valence-electron chi connectivity index (χ1n) is 7.58. The molecular formula is C18H16Cl2N2O4. The van der Waals surface area contributed by atoms with E-state index >= 15 is 0 Å². The maximum absolute atomic E-state index is 12.2. The highest BCUT2D eigenvalue weighted by atomic mass is 35.5. The molecule has 0 bridgehead atoms. The number of aryl methyl sites for hydroxylation is 1. The summed E-state index contributed by atoms with van der Waals surface area (Å²) in [5, 5.41) is 0.872. The zero-order valence-electron chi connectivity index (χ0n) is 14.3. The summed E-state index contributed by atoms with van der Waals surface area (Å²) in [5.74, 6) is 1.45. The van der Waals surface area contributed by atoms with Crippen LogP contribution in [0.5, 0.6) is 23.0 Å². The van der Waals surface area contributed by atoms with Crippen LogP contribution in [0.15, 0.2) is 47.5 Å². The lowest BCUT2D eigenvalue weighted by Gasteiger charge is -2.16. The Kier molecular flexibility index (Phi) is 5.15. The summed E-state index contributed by atoms with van der Waals surface area (Å²) in [5.41, 5.74) is 0.384. The molecule has 0 saturated heterocycles. The Balaban J connectivity index is 2.12. The summed E-state index contributed by atoms with van der Waals surface area (Å²) in [4.78, 5) is 12.2. The van der Waals surface area contributed by atoms with Crippen LogP contribution >= 0.6 is 23.2 Å². The number of hydrogen-bond donors (Lipinski definition) is 0. The quantitative estimate of drug-likeness (QED) is 0.647. The van der Waals surface area contributed by atoms with Crippen LogP contribution in [0.25, 0.3) is 5.69 Å². The summed E-state index contributed by atoms with van der Waals surface area (Å²) < 4.78 is 19.7. The molecule has 0 spiro atoms. The van der Waals surface area contributed by atoms with Gasteiger partial charge < -0.3 is 18.8 Å². The van der Waals surface area contributed by atoms with E-state index in [1.54, 1.807) is 49.8 Å². The highest BCUT2D eigenvalue weighted by molar-refractivity contribution is 6.34. The number of halogens is 2. The Labute approximate surface area is 160 Å². The topological polar surface area (TPSA) is 54.6 Å². The molecule has 0 aliphatic heterocycles. The van der Waals surface area contributed by atoms with Crippen LogP contribution in [0, 0.1) is 0 Å². The van der Waals surface area contributed by atoms with Gasteiger partial charge in [0.15, 0.2) is 11.5 Å². The van der Waals surface area contributed by atoms with Crippen molar-refractivity contribution in [3.8, 4) is 28.7 Å². The van der Waals surface area contributed by atoms with Gasteiger partial charge in [-0.1, -0.05) is 23.2 Å². The maximum atomic E-state index is 12.2. The number of benzene rings is 2. The van der Waals surface area contributed by atoms with Gasteiger partial charge in [0.1, 0.15) is 5.75 Å². The monoisotopic (exact) mass is 394 g/mol. The normalized spacial score (nSPS) is 10.7. The molecule has 1 heterocycles. The first kappa shape index (κ1) is 18.2. The molecular weight excluding hydrogens is 379 g/mol. The van der Waals surface area contributed by atoms with E-state index in [4.69, 9.17) is 37.4 Å². The van der Waals surface area contributed by atoms with Crippen molar-refractivity contribution in [2.45, 2.75) is 0 Å². The second-order valence-corrected chi connectivity index (χ2v) is 6.26. The van der Waals surface area contributed by atoms with Crippen molar-refractivity contribution in [2.24, 2.45) is 7.05 Å². The van der Waals surface area contributed by atoms with Crippen molar-refractivity contribution < 1.29 is 14.2 Å². The minimum Gasteiger partial charge on any atom is -0.493 e. The van der Waals surface area contributed by atoms with Crippen molar-refractivity contribution in [1.29, 1.82) is 0 Å². The third-order valence-electron chi connectivity index (χ3n) is 3.78. The number of imidazole rings is 1. The molecule has 0 saturated carbocycles. The Morgan fingerprint density at radius 3 is 2.12 bits per heavy atom. The van der Waals surface area contributed by atoms with Gasteiger partial charge in [0, 0.05) is 42.7 Å². The Morgan fingerprint density at radius 2 is 1.58 bits per heavy atom. The molecule has 2 aromatic carbocycles. The second-order valence-electron chi connectivity index (χ2n) is 5.42. The molecule has 0 unspecified atom stereocenters. The van der Waals surface area contributed by atoms with Crippen molar-refractivity contribution >= 4 is 23.2 Å². The summed E-state index contributed by atoms with van der Waals surface area (Å²) in [6, 6.07) is 8.25. The van der Waals surface area contributed by atoms with E-state index in [-0.39, 0.29) is 5.69 Å². The van der Waals surface area contributed by atoms with Gasteiger partial charge in [-0.25, -0.2) is 4.79 Å². The standard InChI is InChI=1S/C18H16Cl2N2O4/c1-21-6-7-22(18(21)23)12-9-15(24-2)17(16(10-12)25-3)26-14-8-11(19)4-5-13(14)20/h4-10H,1-3H3. The van der Waals surface area contributed by atoms with Crippen molar-refractivity contribution in [2.75, 3.05) is 14.2 Å². The summed E-state index contributed by atoms with van der Waals surface area (Å²) in [6.45, 7) is 0. The molecule has 8 heteroatoms. The molecule has 0 amide bonds. The highest BCUT2D eigenvalue weighted by Crippen LogP contribution is 2.44. The first-order chi connectivity index (χ1) is 12.4. The lowest BCUT2D eigenvalue weighted by molar-refractivity contribution is 0.346. The van der Waals surface area contributed by atoms with E-state index in [0.717, 1.165) is 0 Å². The van der Waals surface area contributed by atoms with Crippen molar-refractivity contribution in [3.05, 3.63) is 63.3 Å². The van der Waals surface area contributed by atoms with Gasteiger partial charge in [-0.15, -0.1) is 0 Å². The van der Waals surface area contributed by atoms with Gasteiger partial charge >= 0.3 is 5.69 Å². The van der Waals surface area contributed by atoms with Gasteiger partial charge in [-0.05, 0) is 12.1 Å². The van der Waals surface area contributed by atoms with Crippen molar-refractivity contribution in [1.82, 2.24) is 9.13 Å². The SMILES string of the molecule is COc1cc(-n2ccn(C)c2=O)cc(OC)c1Oc1cc(Cl)ccc1Cl. The summed E-state index contributed by atoms with van der Waals surface area (Å²) in [6.07, 6.45) is 3.32. The van der Waals surface area contributed by atoms with Crippen LogP contribution < -0.4 is 19.9 Å². The van der Waals surface area contributed by atoms with Gasteiger partial charge in [0.2, 0.25) is 5.75 Å². The van der Waals surface area contributed by atoms with E-state index in [1.165, 1.54) is 23.4 Å². The molecule has 136 valence electrons. The van der Waals surface area contributed by atoms with E-state index in [9.17, 15) is 4.79 Å². The fourth-order valence-corrected chi connectivity index (χ4v) is 2.75. The lowest BCUT2D eigenvalue weighted by Crippen LogP contribution is -2.20. The van der Waals surface area contributed by atoms with Gasteiger partial charge in [0.25, 0.3) is 0 Å². The number of nitrogens with zero attached hydrogens (tertiary/aromatic N) is 2. The molecule has 26 heavy (non-hydrogen) atoms. The molecule has 0 radical (unpaired) electrons. The largest absolute Gasteiger partial charge is 0.493 e. The highest BCUT2D eigenvalue weighted by Gasteiger charge is 2.18. The van der Waals surface area contributed by atoms with Crippen LogP contribution in [0.3, 0.4) is 0 Å². The fraction of sp³-hybridized carbons (Fsp3) is 0.167. The number of hydrogen-bond acceptors (Lipinski definition) is 4. The second kappa shape index (κ2) is 7.35. The number of aromatic nitrogens is 2. The average molecular weight is 395 g/mol. The molecule has 0 N–H and O–H groups in total. The Hall–Kier alpha value is -2.57. The minimum absolute atomic E-state index is 0.194. The molecule has 0 fully saturated rings. The Morgan fingerprint density at radius 1 is 0.923 bits per heavy atom. The summed E-state index contributed by atoms with van der Waals surface area (Å²) >= 11 is 12.2. The summed E-state index contributed by atoms with van der Waals surface area (Å²) in [7, 11) is 4.67. The van der Waals surface area contributed by atoms with Crippen LogP contribution in [0.4, 0.5) is 0 Å². The van der Waals surface area contributed by atoms with Gasteiger partial charge in [-0.2, -0.15) is 0 Å². The number of methoxy groups -OCH3 is 2. The van der Waals surface area contributed by atoms with E-state index in [0.29, 0.717) is 38.7 Å². The zero-order valence-corrected chi connectivity index (χ0v) is 15.8. The predicted octanol–water partition coefficient (Wildman–Crippen LogP) is 4.29. The molecule has 3 rings (SSSR count). The average Bonchev–Trinajstić information content (AvgIpc) is 2.97.